The van der Waals surface area contributed by atoms with E-state index in [0.717, 1.165) is 39.6 Å². The molecule has 0 bridgehead atoms. The maximum Gasteiger partial charge on any atom is 0.224 e. The molecule has 1 aromatic carbocycles. The Bertz CT molecular complexity index is 725. The molecule has 0 saturated carbocycles. The number of nitrogens with one attached hydrogen (secondary N) is 1. The van der Waals surface area contributed by atoms with Crippen molar-refractivity contribution in [3.8, 4) is 5.75 Å². The normalized spacial score (nSPS) is 15.9. The van der Waals surface area contributed by atoms with E-state index in [2.05, 4.69) is 10.3 Å². The van der Waals surface area contributed by atoms with Gasteiger partial charge in [-0.25, -0.2) is 4.98 Å². The smallest absolute Gasteiger partial charge is 0.224 e. The lowest BCUT2D eigenvalue weighted by atomic mass is 10.3. The van der Waals surface area contributed by atoms with Crippen molar-refractivity contribution in [2.75, 3.05) is 24.7 Å². The van der Waals surface area contributed by atoms with Gasteiger partial charge in [-0.2, -0.15) is 0 Å². The van der Waals surface area contributed by atoms with E-state index < -0.39 is 0 Å². The molecule has 0 aliphatic carbocycles. The van der Waals surface area contributed by atoms with Crippen molar-refractivity contribution in [3.63, 3.8) is 0 Å². The topological polar surface area (TPSA) is 54.5 Å². The summed E-state index contributed by atoms with van der Waals surface area (Å²) in [6.07, 6.45) is 1.97. The predicted molar refractivity (Wildman–Crippen MR) is 96.2 cm³/mol. The summed E-state index contributed by atoms with van der Waals surface area (Å²) in [7, 11) is 1.65. The van der Waals surface area contributed by atoms with Crippen LogP contribution in [0.2, 0.25) is 0 Å². The standard InChI is InChI=1S/C16H17N3O2S2/c1-11(20)19-7-8-22-15(19)9-13-10-23-16(18-13)17-12-3-5-14(21-2)6-4-12/h3-6,9-10H,7-8H2,1-2H3,(H,17,18)/b15-9+. The maximum absolute atomic E-state index is 11.6. The SMILES string of the molecule is COc1ccc(Nc2nc(/C=C3/SCCN3C(C)=O)cs2)cc1. The van der Waals surface area contributed by atoms with Crippen molar-refractivity contribution >= 4 is 45.9 Å². The minimum Gasteiger partial charge on any atom is -0.497 e. The van der Waals surface area contributed by atoms with Gasteiger partial charge >= 0.3 is 0 Å². The molecule has 120 valence electrons. The summed E-state index contributed by atoms with van der Waals surface area (Å²) in [4.78, 5) is 17.9. The van der Waals surface area contributed by atoms with Crippen LogP contribution in [0.4, 0.5) is 10.8 Å². The number of thioether (sulfide) groups is 1. The van der Waals surface area contributed by atoms with Crippen LogP contribution in [0.5, 0.6) is 5.75 Å². The van der Waals surface area contributed by atoms with Crippen LogP contribution in [0.15, 0.2) is 34.7 Å². The van der Waals surface area contributed by atoms with Gasteiger partial charge < -0.3 is 15.0 Å². The lowest BCUT2D eigenvalue weighted by molar-refractivity contribution is -0.126. The molecule has 1 aliphatic rings. The molecular weight excluding hydrogens is 330 g/mol. The van der Waals surface area contributed by atoms with Crippen molar-refractivity contribution < 1.29 is 9.53 Å². The van der Waals surface area contributed by atoms with Gasteiger partial charge in [-0.05, 0) is 30.3 Å². The zero-order valence-electron chi connectivity index (χ0n) is 12.9. The summed E-state index contributed by atoms with van der Waals surface area (Å²) >= 11 is 3.22. The van der Waals surface area contributed by atoms with Gasteiger partial charge in [0.15, 0.2) is 5.13 Å². The average molecular weight is 347 g/mol. The molecule has 2 aromatic rings. The highest BCUT2D eigenvalue weighted by Crippen LogP contribution is 2.31. The molecule has 1 saturated heterocycles. The summed E-state index contributed by atoms with van der Waals surface area (Å²) in [5, 5.41) is 7.04. The molecule has 7 heteroatoms. The molecule has 1 aliphatic heterocycles. The summed E-state index contributed by atoms with van der Waals surface area (Å²) in [5.74, 6) is 1.84. The number of nitrogens with zero attached hydrogens (tertiary/aromatic N) is 2. The minimum atomic E-state index is 0.0769. The highest BCUT2D eigenvalue weighted by atomic mass is 32.2. The molecular formula is C16H17N3O2S2. The Kier molecular flexibility index (Phi) is 4.88. The summed E-state index contributed by atoms with van der Waals surface area (Å²) in [5.41, 5.74) is 1.82. The van der Waals surface area contributed by atoms with E-state index in [1.807, 2.05) is 35.7 Å². The third-order valence-electron chi connectivity index (χ3n) is 3.35. The Morgan fingerprint density at radius 3 is 2.87 bits per heavy atom. The number of carbonyl (C=O) groups excluding carboxylic acids is 1. The summed E-state index contributed by atoms with van der Waals surface area (Å²) < 4.78 is 5.14. The van der Waals surface area contributed by atoms with Gasteiger partial charge in [0.05, 0.1) is 17.8 Å². The molecule has 1 fully saturated rings. The molecule has 5 nitrogen and oxygen atoms in total. The fourth-order valence-corrected chi connectivity index (χ4v) is 3.95. The number of amides is 1. The number of carbonyl (C=O) groups is 1. The van der Waals surface area contributed by atoms with Gasteiger partial charge in [0, 0.05) is 30.3 Å². The van der Waals surface area contributed by atoms with E-state index in [1.165, 1.54) is 11.3 Å². The number of hydrogen-bond donors (Lipinski definition) is 1. The zero-order valence-corrected chi connectivity index (χ0v) is 14.5. The fourth-order valence-electron chi connectivity index (χ4n) is 2.20. The number of benzene rings is 1. The Hall–Kier alpha value is -1.99. The monoisotopic (exact) mass is 347 g/mol. The molecule has 2 heterocycles. The van der Waals surface area contributed by atoms with Crippen LogP contribution >= 0.6 is 23.1 Å². The largest absolute Gasteiger partial charge is 0.497 e. The summed E-state index contributed by atoms with van der Waals surface area (Å²) in [6, 6.07) is 7.70. The second kappa shape index (κ2) is 7.06. The minimum absolute atomic E-state index is 0.0769. The van der Waals surface area contributed by atoms with E-state index in [9.17, 15) is 4.79 Å². The van der Waals surface area contributed by atoms with Crippen LogP contribution in [-0.4, -0.2) is 35.2 Å². The Morgan fingerprint density at radius 2 is 2.17 bits per heavy atom. The second-order valence-electron chi connectivity index (χ2n) is 4.93. The lowest BCUT2D eigenvalue weighted by Gasteiger charge is -2.13. The van der Waals surface area contributed by atoms with Crippen molar-refractivity contribution in [3.05, 3.63) is 40.4 Å². The van der Waals surface area contributed by atoms with E-state index in [4.69, 9.17) is 4.74 Å². The first-order valence-corrected chi connectivity index (χ1v) is 9.01. The van der Waals surface area contributed by atoms with Gasteiger partial charge in [-0.1, -0.05) is 0 Å². The number of rotatable bonds is 4. The van der Waals surface area contributed by atoms with Gasteiger partial charge in [-0.15, -0.1) is 23.1 Å². The third-order valence-corrected chi connectivity index (χ3v) is 5.14. The molecule has 1 aromatic heterocycles. The Morgan fingerprint density at radius 1 is 1.39 bits per heavy atom. The first kappa shape index (κ1) is 15.9. The Labute approximate surface area is 143 Å². The number of hydrogen-bond acceptors (Lipinski definition) is 6. The van der Waals surface area contributed by atoms with Crippen LogP contribution in [0.1, 0.15) is 12.6 Å². The van der Waals surface area contributed by atoms with Gasteiger partial charge in [-0.3, -0.25) is 4.79 Å². The van der Waals surface area contributed by atoms with E-state index >= 15 is 0 Å². The second-order valence-corrected chi connectivity index (χ2v) is 6.91. The molecule has 0 unspecified atom stereocenters. The lowest BCUT2D eigenvalue weighted by Crippen LogP contribution is -2.23. The molecule has 3 rings (SSSR count). The van der Waals surface area contributed by atoms with Gasteiger partial charge in [0.25, 0.3) is 0 Å². The van der Waals surface area contributed by atoms with Crippen molar-refractivity contribution in [1.29, 1.82) is 0 Å². The Balaban J connectivity index is 1.71. The van der Waals surface area contributed by atoms with Crippen molar-refractivity contribution in [1.82, 2.24) is 9.88 Å². The number of ether oxygens (including phenoxy) is 1. The zero-order chi connectivity index (χ0) is 16.2. The first-order valence-electron chi connectivity index (χ1n) is 7.15. The average Bonchev–Trinajstić information content (AvgIpc) is 3.18. The van der Waals surface area contributed by atoms with E-state index in [0.29, 0.717) is 0 Å². The van der Waals surface area contributed by atoms with Crippen molar-refractivity contribution in [2.45, 2.75) is 6.92 Å². The third kappa shape index (κ3) is 3.86. The highest BCUT2D eigenvalue weighted by Gasteiger charge is 2.21. The van der Waals surface area contributed by atoms with Crippen LogP contribution in [-0.2, 0) is 4.79 Å². The number of methoxy groups -OCH3 is 1. The highest BCUT2D eigenvalue weighted by molar-refractivity contribution is 8.03. The molecule has 0 spiro atoms. The molecule has 1 N–H and O–H groups in total. The van der Waals surface area contributed by atoms with E-state index in [1.54, 1.807) is 30.7 Å². The van der Waals surface area contributed by atoms with Crippen LogP contribution in [0, 0.1) is 0 Å². The van der Waals surface area contributed by atoms with E-state index in [-0.39, 0.29) is 5.91 Å². The number of anilines is 2. The first-order chi connectivity index (χ1) is 11.2. The molecule has 0 atom stereocenters. The summed E-state index contributed by atoms with van der Waals surface area (Å²) in [6.45, 7) is 2.37. The number of thiazole rings is 1. The predicted octanol–water partition coefficient (Wildman–Crippen LogP) is 3.79. The van der Waals surface area contributed by atoms with Gasteiger partial charge in [0.1, 0.15) is 5.75 Å². The van der Waals surface area contributed by atoms with Gasteiger partial charge in [0.2, 0.25) is 5.91 Å². The fraction of sp³-hybridized carbons (Fsp3) is 0.250. The molecule has 1 amide bonds. The van der Waals surface area contributed by atoms with Crippen molar-refractivity contribution in [2.24, 2.45) is 0 Å². The molecule has 23 heavy (non-hydrogen) atoms. The van der Waals surface area contributed by atoms with Crippen LogP contribution in [0.25, 0.3) is 6.08 Å². The van der Waals surface area contributed by atoms with Crippen LogP contribution < -0.4 is 10.1 Å². The quantitative estimate of drug-likeness (QED) is 0.912. The number of aromatic nitrogens is 1. The van der Waals surface area contributed by atoms with Crippen LogP contribution in [0.3, 0.4) is 0 Å². The molecule has 0 radical (unpaired) electrons. The maximum atomic E-state index is 11.6.